The highest BCUT2D eigenvalue weighted by Crippen LogP contribution is 2.38. The highest BCUT2D eigenvalue weighted by Gasteiger charge is 2.20. The minimum Gasteiger partial charge on any atom is -0.369 e. The Morgan fingerprint density at radius 1 is 1.22 bits per heavy atom. The number of carbonyl (C=O) groups excluding carboxylic acids is 1. The standard InChI is InChI=1S/C16H18Cl2N4O/c1-10(21-20)16-12(17)6-4-8-14(16)22(18)13-7-3-2-5-11(13)9-15(19)23/h2-8,10,21H,9,20H2,1H3,(H2,19,23). The Labute approximate surface area is 145 Å². The van der Waals surface area contributed by atoms with E-state index in [2.05, 4.69) is 5.43 Å². The molecule has 0 bridgehead atoms. The van der Waals surface area contributed by atoms with Crippen LogP contribution in [0.3, 0.4) is 0 Å². The van der Waals surface area contributed by atoms with E-state index in [1.807, 2.05) is 37.3 Å². The first-order chi connectivity index (χ1) is 11.0. The van der Waals surface area contributed by atoms with Gasteiger partial charge in [0.15, 0.2) is 0 Å². The largest absolute Gasteiger partial charge is 0.369 e. The zero-order valence-corrected chi connectivity index (χ0v) is 14.1. The van der Waals surface area contributed by atoms with E-state index in [1.54, 1.807) is 12.1 Å². The number of primary amides is 1. The van der Waals surface area contributed by atoms with Gasteiger partial charge in [-0.2, -0.15) is 0 Å². The predicted octanol–water partition coefficient (Wildman–Crippen LogP) is 3.18. The van der Waals surface area contributed by atoms with Gasteiger partial charge in [-0.05, 0) is 30.7 Å². The van der Waals surface area contributed by atoms with Crippen LogP contribution in [0.2, 0.25) is 5.02 Å². The summed E-state index contributed by atoms with van der Waals surface area (Å²) < 4.78 is 1.47. The zero-order chi connectivity index (χ0) is 17.0. The van der Waals surface area contributed by atoms with Crippen molar-refractivity contribution in [1.29, 1.82) is 0 Å². The molecule has 0 saturated carbocycles. The van der Waals surface area contributed by atoms with Crippen molar-refractivity contribution in [2.45, 2.75) is 19.4 Å². The van der Waals surface area contributed by atoms with Crippen LogP contribution in [0, 0.1) is 0 Å². The summed E-state index contributed by atoms with van der Waals surface area (Å²) in [7, 11) is 0. The van der Waals surface area contributed by atoms with Crippen LogP contribution in [0.4, 0.5) is 11.4 Å². The number of hydrazine groups is 1. The van der Waals surface area contributed by atoms with E-state index in [4.69, 9.17) is 35.0 Å². The van der Waals surface area contributed by atoms with Gasteiger partial charge >= 0.3 is 0 Å². The minimum atomic E-state index is -0.425. The fourth-order valence-electron chi connectivity index (χ4n) is 2.38. The number of rotatable bonds is 6. The third-order valence-corrected chi connectivity index (χ3v) is 4.19. The molecule has 0 spiro atoms. The van der Waals surface area contributed by atoms with Crippen molar-refractivity contribution >= 4 is 40.7 Å². The van der Waals surface area contributed by atoms with Gasteiger partial charge in [-0.3, -0.25) is 20.5 Å². The van der Waals surface area contributed by atoms with Crippen molar-refractivity contribution in [2.24, 2.45) is 11.6 Å². The molecule has 2 rings (SSSR count). The van der Waals surface area contributed by atoms with Crippen molar-refractivity contribution in [1.82, 2.24) is 5.43 Å². The number of carbonyl (C=O) groups is 1. The van der Waals surface area contributed by atoms with Crippen LogP contribution >= 0.6 is 23.4 Å². The van der Waals surface area contributed by atoms with Crippen LogP contribution in [0.1, 0.15) is 24.1 Å². The van der Waals surface area contributed by atoms with Crippen LogP contribution in [-0.4, -0.2) is 5.91 Å². The van der Waals surface area contributed by atoms with Crippen molar-refractivity contribution in [3.63, 3.8) is 0 Å². The second-order valence-corrected chi connectivity index (χ2v) is 5.86. The highest BCUT2D eigenvalue weighted by atomic mass is 35.5. The fraction of sp³-hybridized carbons (Fsp3) is 0.188. The third kappa shape index (κ3) is 3.95. The summed E-state index contributed by atoms with van der Waals surface area (Å²) in [5.74, 6) is 5.12. The molecule has 2 aromatic carbocycles. The Balaban J connectivity index is 2.52. The van der Waals surface area contributed by atoms with Crippen molar-refractivity contribution < 1.29 is 4.79 Å². The van der Waals surface area contributed by atoms with Crippen LogP contribution < -0.4 is 21.4 Å². The zero-order valence-electron chi connectivity index (χ0n) is 12.6. The van der Waals surface area contributed by atoms with E-state index in [0.29, 0.717) is 16.4 Å². The van der Waals surface area contributed by atoms with Gasteiger partial charge in [-0.1, -0.05) is 35.9 Å². The Bertz CT molecular complexity index is 708. The number of nitrogens with zero attached hydrogens (tertiary/aromatic N) is 1. The second kappa shape index (κ2) is 7.66. The summed E-state index contributed by atoms with van der Waals surface area (Å²) in [6.07, 6.45) is 0.0972. The molecule has 0 fully saturated rings. The predicted molar refractivity (Wildman–Crippen MR) is 94.5 cm³/mol. The lowest BCUT2D eigenvalue weighted by Gasteiger charge is -2.25. The number of halogens is 2. The van der Waals surface area contributed by atoms with Crippen LogP contribution in [-0.2, 0) is 11.2 Å². The van der Waals surface area contributed by atoms with E-state index in [1.165, 1.54) is 4.42 Å². The maximum atomic E-state index is 11.3. The molecule has 0 heterocycles. The summed E-state index contributed by atoms with van der Waals surface area (Å²) in [6, 6.07) is 12.5. The molecule has 0 aliphatic rings. The van der Waals surface area contributed by atoms with Crippen molar-refractivity contribution in [3.05, 3.63) is 58.6 Å². The molecule has 0 aromatic heterocycles. The first-order valence-electron chi connectivity index (χ1n) is 7.02. The summed E-state index contributed by atoms with van der Waals surface area (Å²) >= 11 is 12.9. The van der Waals surface area contributed by atoms with Crippen molar-refractivity contribution in [2.75, 3.05) is 4.42 Å². The Morgan fingerprint density at radius 2 is 1.87 bits per heavy atom. The van der Waals surface area contributed by atoms with Gasteiger partial charge in [0.2, 0.25) is 5.91 Å². The maximum absolute atomic E-state index is 11.3. The van der Waals surface area contributed by atoms with Gasteiger partial charge in [0.25, 0.3) is 0 Å². The first kappa shape index (κ1) is 17.6. The molecule has 23 heavy (non-hydrogen) atoms. The number of anilines is 2. The van der Waals surface area contributed by atoms with Crippen molar-refractivity contribution in [3.8, 4) is 0 Å². The Kier molecular flexibility index (Phi) is 5.85. The Hall–Kier alpha value is -1.79. The SMILES string of the molecule is CC(NN)c1c(Cl)cccc1N(Cl)c1ccccc1CC(N)=O. The van der Waals surface area contributed by atoms with Crippen LogP contribution in [0.5, 0.6) is 0 Å². The molecule has 5 nitrogen and oxygen atoms in total. The molecule has 5 N–H and O–H groups in total. The van der Waals surface area contributed by atoms with Gasteiger partial charge in [-0.15, -0.1) is 0 Å². The van der Waals surface area contributed by atoms with Crippen LogP contribution in [0.25, 0.3) is 0 Å². The molecule has 1 amide bonds. The fourth-order valence-corrected chi connectivity index (χ4v) is 3.02. The lowest BCUT2D eigenvalue weighted by Crippen LogP contribution is -2.27. The molecule has 1 atom stereocenters. The normalized spacial score (nSPS) is 12.0. The molecule has 2 aromatic rings. The van der Waals surface area contributed by atoms with E-state index in [9.17, 15) is 4.79 Å². The lowest BCUT2D eigenvalue weighted by molar-refractivity contribution is -0.117. The lowest BCUT2D eigenvalue weighted by atomic mass is 10.0. The molecule has 0 aliphatic heterocycles. The molecular weight excluding hydrogens is 335 g/mol. The van der Waals surface area contributed by atoms with Gasteiger partial charge in [-0.25, -0.2) is 0 Å². The number of nitrogens with one attached hydrogen (secondary N) is 1. The van der Waals surface area contributed by atoms with Gasteiger partial charge in [0, 0.05) is 28.4 Å². The number of nitrogens with two attached hydrogens (primary N) is 2. The molecule has 1 unspecified atom stereocenters. The average Bonchev–Trinajstić information content (AvgIpc) is 2.53. The third-order valence-electron chi connectivity index (χ3n) is 3.49. The molecule has 7 heteroatoms. The summed E-state index contributed by atoms with van der Waals surface area (Å²) in [4.78, 5) is 11.3. The van der Waals surface area contributed by atoms with Crippen LogP contribution in [0.15, 0.2) is 42.5 Å². The summed E-state index contributed by atoms with van der Waals surface area (Å²) in [6.45, 7) is 1.88. The smallest absolute Gasteiger partial charge is 0.221 e. The quantitative estimate of drug-likeness (QED) is 0.423. The molecule has 0 aliphatic carbocycles. The molecule has 122 valence electrons. The van der Waals surface area contributed by atoms with E-state index in [-0.39, 0.29) is 12.5 Å². The highest BCUT2D eigenvalue weighted by molar-refractivity contribution is 6.33. The molecule has 0 radical (unpaired) electrons. The van der Waals surface area contributed by atoms with E-state index in [0.717, 1.165) is 11.1 Å². The number of hydrogen-bond acceptors (Lipinski definition) is 4. The number of hydrogen-bond donors (Lipinski definition) is 3. The topological polar surface area (TPSA) is 84.4 Å². The second-order valence-electron chi connectivity index (χ2n) is 5.11. The maximum Gasteiger partial charge on any atom is 0.221 e. The monoisotopic (exact) mass is 352 g/mol. The summed E-state index contributed by atoms with van der Waals surface area (Å²) in [5, 5.41) is 0.547. The average molecular weight is 353 g/mol. The van der Waals surface area contributed by atoms with E-state index >= 15 is 0 Å². The number of amides is 1. The number of benzene rings is 2. The van der Waals surface area contributed by atoms with Gasteiger partial charge < -0.3 is 5.73 Å². The molecule has 0 saturated heterocycles. The van der Waals surface area contributed by atoms with Gasteiger partial charge in [0.1, 0.15) is 0 Å². The van der Waals surface area contributed by atoms with Gasteiger partial charge in [0.05, 0.1) is 17.8 Å². The van der Waals surface area contributed by atoms with E-state index < -0.39 is 5.91 Å². The minimum absolute atomic E-state index is 0.0972. The number of para-hydroxylation sites is 1. The first-order valence-corrected chi connectivity index (χ1v) is 7.74. The summed E-state index contributed by atoms with van der Waals surface area (Å²) in [5.41, 5.74) is 10.8. The Morgan fingerprint density at radius 3 is 2.52 bits per heavy atom. The molecular formula is C16H18Cl2N4O.